The lowest BCUT2D eigenvalue weighted by Gasteiger charge is -2.30. The Labute approximate surface area is 98.4 Å². The number of hydrogen-bond donors (Lipinski definition) is 2. The number of halogens is 4. The van der Waals surface area contributed by atoms with Crippen LogP contribution in [0.4, 0.5) is 13.2 Å². The molecular formula is C9H16ClF3N2O. The summed E-state index contributed by atoms with van der Waals surface area (Å²) in [6, 6.07) is -0.374. The van der Waals surface area contributed by atoms with Gasteiger partial charge in [0.2, 0.25) is 5.91 Å². The van der Waals surface area contributed by atoms with Gasteiger partial charge in [0.1, 0.15) is 0 Å². The Bertz CT molecular complexity index is 235. The molecule has 0 bridgehead atoms. The quantitative estimate of drug-likeness (QED) is 0.792. The highest BCUT2D eigenvalue weighted by Gasteiger charge is 2.42. The molecule has 7 heteroatoms. The molecule has 1 saturated carbocycles. The molecule has 3 N–H and O–H groups in total. The maximum absolute atomic E-state index is 12.4. The van der Waals surface area contributed by atoms with E-state index in [2.05, 4.69) is 5.32 Å². The first-order valence-corrected chi connectivity index (χ1v) is 4.99. The largest absolute Gasteiger partial charge is 0.391 e. The van der Waals surface area contributed by atoms with Crippen molar-refractivity contribution in [3.05, 3.63) is 0 Å². The molecule has 3 nitrogen and oxygen atoms in total. The van der Waals surface area contributed by atoms with Crippen molar-refractivity contribution >= 4 is 18.3 Å². The van der Waals surface area contributed by atoms with Crippen molar-refractivity contribution in [2.24, 2.45) is 11.7 Å². The molecule has 1 rings (SSSR count). The van der Waals surface area contributed by atoms with Crippen LogP contribution < -0.4 is 11.1 Å². The van der Waals surface area contributed by atoms with Gasteiger partial charge < -0.3 is 11.1 Å². The summed E-state index contributed by atoms with van der Waals surface area (Å²) in [4.78, 5) is 10.9. The van der Waals surface area contributed by atoms with E-state index in [9.17, 15) is 18.0 Å². The summed E-state index contributed by atoms with van der Waals surface area (Å²) < 4.78 is 37.2. The van der Waals surface area contributed by atoms with E-state index in [1.54, 1.807) is 0 Å². The van der Waals surface area contributed by atoms with Crippen LogP contribution in [0.1, 0.15) is 25.7 Å². The fraction of sp³-hybridized carbons (Fsp3) is 0.889. The highest BCUT2D eigenvalue weighted by atomic mass is 35.5. The van der Waals surface area contributed by atoms with Crippen LogP contribution in [-0.4, -0.2) is 24.7 Å². The van der Waals surface area contributed by atoms with E-state index in [0.717, 1.165) is 0 Å². The van der Waals surface area contributed by atoms with Crippen molar-refractivity contribution in [1.29, 1.82) is 0 Å². The van der Waals surface area contributed by atoms with E-state index in [-0.39, 0.29) is 43.7 Å². The summed E-state index contributed by atoms with van der Waals surface area (Å²) >= 11 is 0. The van der Waals surface area contributed by atoms with Gasteiger partial charge in [-0.05, 0) is 19.3 Å². The van der Waals surface area contributed by atoms with Gasteiger partial charge in [0, 0.05) is 6.04 Å². The Morgan fingerprint density at radius 1 is 1.38 bits per heavy atom. The molecule has 0 aromatic carbocycles. The molecule has 2 atom stereocenters. The van der Waals surface area contributed by atoms with Gasteiger partial charge in [0.15, 0.2) is 0 Å². The minimum atomic E-state index is -4.15. The van der Waals surface area contributed by atoms with Gasteiger partial charge in [-0.15, -0.1) is 12.4 Å². The fourth-order valence-electron chi connectivity index (χ4n) is 1.90. The van der Waals surface area contributed by atoms with Gasteiger partial charge in [-0.1, -0.05) is 6.42 Å². The van der Waals surface area contributed by atoms with Crippen LogP contribution in [0.5, 0.6) is 0 Å². The number of amides is 1. The van der Waals surface area contributed by atoms with Gasteiger partial charge in [-0.3, -0.25) is 4.79 Å². The molecular weight excluding hydrogens is 245 g/mol. The molecule has 1 aliphatic rings. The Morgan fingerprint density at radius 3 is 2.50 bits per heavy atom. The van der Waals surface area contributed by atoms with Crippen molar-refractivity contribution in [1.82, 2.24) is 5.32 Å². The predicted octanol–water partition coefficient (Wildman–Crippen LogP) is 1.60. The second-order valence-electron chi connectivity index (χ2n) is 3.87. The summed E-state index contributed by atoms with van der Waals surface area (Å²) in [5, 5.41) is 2.51. The lowest BCUT2D eigenvalue weighted by Crippen LogP contribution is -2.43. The Balaban J connectivity index is 0.00000225. The smallest absolute Gasteiger partial charge is 0.352 e. The molecule has 2 unspecified atom stereocenters. The van der Waals surface area contributed by atoms with Gasteiger partial charge in [-0.2, -0.15) is 13.2 Å². The SMILES string of the molecule is Cl.NCC(=O)NC1CCCC(C(F)(F)F)C1. The van der Waals surface area contributed by atoms with E-state index in [0.29, 0.717) is 12.8 Å². The number of nitrogens with one attached hydrogen (secondary N) is 1. The second-order valence-corrected chi connectivity index (χ2v) is 3.87. The second kappa shape index (κ2) is 6.30. The van der Waals surface area contributed by atoms with Gasteiger partial charge >= 0.3 is 6.18 Å². The third-order valence-corrected chi connectivity index (χ3v) is 2.69. The van der Waals surface area contributed by atoms with Crippen molar-refractivity contribution in [3.63, 3.8) is 0 Å². The number of nitrogens with two attached hydrogens (primary N) is 1. The Hall–Kier alpha value is -0.490. The van der Waals surface area contributed by atoms with Crippen molar-refractivity contribution in [3.8, 4) is 0 Å². The van der Waals surface area contributed by atoms with Crippen molar-refractivity contribution < 1.29 is 18.0 Å². The molecule has 0 saturated heterocycles. The lowest BCUT2D eigenvalue weighted by molar-refractivity contribution is -0.184. The lowest BCUT2D eigenvalue weighted by atomic mass is 9.85. The van der Waals surface area contributed by atoms with E-state index >= 15 is 0 Å². The molecule has 1 fully saturated rings. The van der Waals surface area contributed by atoms with Crippen LogP contribution in [-0.2, 0) is 4.79 Å². The topological polar surface area (TPSA) is 55.1 Å². The maximum atomic E-state index is 12.4. The van der Waals surface area contributed by atoms with Crippen LogP contribution >= 0.6 is 12.4 Å². The average Bonchev–Trinajstić information content (AvgIpc) is 2.17. The molecule has 1 aliphatic carbocycles. The molecule has 0 aromatic heterocycles. The zero-order valence-electron chi connectivity index (χ0n) is 8.72. The van der Waals surface area contributed by atoms with Crippen molar-refractivity contribution in [2.75, 3.05) is 6.54 Å². The maximum Gasteiger partial charge on any atom is 0.391 e. The van der Waals surface area contributed by atoms with E-state index in [1.807, 2.05) is 0 Å². The van der Waals surface area contributed by atoms with Crippen LogP contribution in [0, 0.1) is 5.92 Å². The molecule has 0 radical (unpaired) electrons. The van der Waals surface area contributed by atoms with Crippen molar-refractivity contribution in [2.45, 2.75) is 37.9 Å². The highest BCUT2D eigenvalue weighted by Crippen LogP contribution is 2.37. The average molecular weight is 261 g/mol. The first-order valence-electron chi connectivity index (χ1n) is 4.99. The molecule has 0 heterocycles. The predicted molar refractivity (Wildman–Crippen MR) is 56.2 cm³/mol. The van der Waals surface area contributed by atoms with Gasteiger partial charge in [0.25, 0.3) is 0 Å². The number of rotatable bonds is 2. The van der Waals surface area contributed by atoms with Crippen LogP contribution in [0.25, 0.3) is 0 Å². The number of alkyl halides is 3. The first kappa shape index (κ1) is 15.5. The summed E-state index contributed by atoms with van der Waals surface area (Å²) in [6.07, 6.45) is -2.89. The van der Waals surface area contributed by atoms with Crippen LogP contribution in [0.2, 0.25) is 0 Å². The first-order chi connectivity index (χ1) is 6.93. The third-order valence-electron chi connectivity index (χ3n) is 2.69. The van der Waals surface area contributed by atoms with Crippen LogP contribution in [0.3, 0.4) is 0 Å². The normalized spacial score (nSPS) is 25.8. The summed E-state index contributed by atoms with van der Waals surface area (Å²) in [5.74, 6) is -1.67. The number of carbonyl (C=O) groups excluding carboxylic acids is 1. The Kier molecular flexibility index (Phi) is 6.10. The molecule has 16 heavy (non-hydrogen) atoms. The molecule has 1 amide bonds. The molecule has 0 aromatic rings. The monoisotopic (exact) mass is 260 g/mol. The van der Waals surface area contributed by atoms with Gasteiger partial charge in [-0.25, -0.2) is 0 Å². The zero-order valence-corrected chi connectivity index (χ0v) is 9.53. The minimum absolute atomic E-state index is 0. The standard InChI is InChI=1S/C9H15F3N2O.ClH/c10-9(11,12)6-2-1-3-7(4-6)14-8(15)5-13;/h6-7H,1-5,13H2,(H,14,15);1H. The molecule has 96 valence electrons. The fourth-order valence-corrected chi connectivity index (χ4v) is 1.90. The van der Waals surface area contributed by atoms with E-state index < -0.39 is 12.1 Å². The molecule has 0 aliphatic heterocycles. The van der Waals surface area contributed by atoms with Crippen LogP contribution in [0.15, 0.2) is 0 Å². The summed E-state index contributed by atoms with van der Waals surface area (Å²) in [7, 11) is 0. The number of carbonyl (C=O) groups is 1. The zero-order chi connectivity index (χ0) is 11.5. The molecule has 0 spiro atoms. The number of hydrogen-bond acceptors (Lipinski definition) is 2. The third kappa shape index (κ3) is 4.57. The Morgan fingerprint density at radius 2 is 2.00 bits per heavy atom. The minimum Gasteiger partial charge on any atom is -0.352 e. The summed E-state index contributed by atoms with van der Waals surface area (Å²) in [6.45, 7) is -0.173. The van der Waals surface area contributed by atoms with Gasteiger partial charge in [0.05, 0.1) is 12.5 Å². The summed E-state index contributed by atoms with van der Waals surface area (Å²) in [5.41, 5.74) is 5.08. The highest BCUT2D eigenvalue weighted by molar-refractivity contribution is 5.85. The van der Waals surface area contributed by atoms with E-state index in [1.165, 1.54) is 0 Å². The van der Waals surface area contributed by atoms with E-state index in [4.69, 9.17) is 5.73 Å².